The molecule has 0 fully saturated rings. The Kier molecular flexibility index (Phi) is 8.19. The molecule has 0 saturated carbocycles. The van der Waals surface area contributed by atoms with Crippen molar-refractivity contribution in [2.24, 2.45) is 17.0 Å². The third-order valence-corrected chi connectivity index (χ3v) is 1.75. The minimum absolute atomic E-state index is 0.0978. The summed E-state index contributed by atoms with van der Waals surface area (Å²) in [7, 11) is 0. The highest BCUT2D eigenvalue weighted by molar-refractivity contribution is 6.62. The molecule has 7 nitrogen and oxygen atoms in total. The normalized spacial score (nSPS) is 10.2. The molecule has 0 saturated heterocycles. The van der Waals surface area contributed by atoms with Crippen molar-refractivity contribution in [1.29, 1.82) is 0 Å². The van der Waals surface area contributed by atoms with E-state index in [1.54, 1.807) is 0 Å². The molecule has 7 heteroatoms. The molecule has 0 atom stereocenters. The minimum atomic E-state index is -0.978. The van der Waals surface area contributed by atoms with Gasteiger partial charge in [0.25, 0.3) is 5.71 Å². The quantitative estimate of drug-likeness (QED) is 0.230. The summed E-state index contributed by atoms with van der Waals surface area (Å²) in [5.74, 6) is -2.51. The molecule has 0 heterocycles. The predicted molar refractivity (Wildman–Crippen MR) is 70.8 cm³/mol. The zero-order valence-electron chi connectivity index (χ0n) is 12.5. The van der Waals surface area contributed by atoms with Gasteiger partial charge in [-0.25, -0.2) is 14.4 Å². The number of hydrogen-bond acceptors (Lipinski definition) is 7. The number of nitrogens with zero attached hydrogens (tertiary/aromatic N) is 1. The molecule has 0 aromatic heterocycles. The number of ether oxygens (including phenoxy) is 2. The molecule has 0 amide bonds. The van der Waals surface area contributed by atoms with Crippen molar-refractivity contribution >= 4 is 23.6 Å². The van der Waals surface area contributed by atoms with Gasteiger partial charge in [0, 0.05) is 6.92 Å². The lowest BCUT2D eigenvalue weighted by Crippen LogP contribution is -2.30. The fraction of sp³-hybridized carbons (Fsp3) is 0.692. The Hall–Kier alpha value is -1.92. The van der Waals surface area contributed by atoms with Gasteiger partial charge >= 0.3 is 17.9 Å². The SMILES string of the molecule is CC(=O)ON=C(C(=O)OCC(C)C)C(=O)OCC(C)C. The molecule has 0 aromatic rings. The van der Waals surface area contributed by atoms with Crippen LogP contribution in [0.5, 0.6) is 0 Å². The summed E-state index contributed by atoms with van der Waals surface area (Å²) in [5.41, 5.74) is -0.679. The molecule has 0 aliphatic heterocycles. The standard InChI is InChI=1S/C13H21NO6/c1-8(2)6-18-12(16)11(14-20-10(5)15)13(17)19-7-9(3)4/h8-9H,6-7H2,1-5H3. The van der Waals surface area contributed by atoms with Gasteiger partial charge in [-0.05, 0) is 11.8 Å². The lowest BCUT2D eigenvalue weighted by Gasteiger charge is -2.10. The first-order chi connectivity index (χ1) is 9.23. The molecule has 0 bridgehead atoms. The van der Waals surface area contributed by atoms with E-state index < -0.39 is 23.6 Å². The van der Waals surface area contributed by atoms with Crippen molar-refractivity contribution < 1.29 is 28.7 Å². The maximum absolute atomic E-state index is 11.7. The van der Waals surface area contributed by atoms with Crippen molar-refractivity contribution in [3.05, 3.63) is 0 Å². The van der Waals surface area contributed by atoms with Gasteiger partial charge in [-0.3, -0.25) is 0 Å². The third-order valence-electron chi connectivity index (χ3n) is 1.75. The largest absolute Gasteiger partial charge is 0.460 e. The Morgan fingerprint density at radius 1 is 0.900 bits per heavy atom. The summed E-state index contributed by atoms with van der Waals surface area (Å²) in [5, 5.41) is 3.20. The second-order valence-corrected chi connectivity index (χ2v) is 5.01. The van der Waals surface area contributed by atoms with Crippen LogP contribution in [-0.4, -0.2) is 36.8 Å². The smallest absolute Gasteiger partial charge is 0.368 e. The highest BCUT2D eigenvalue weighted by Gasteiger charge is 2.26. The highest BCUT2D eigenvalue weighted by atomic mass is 16.7. The van der Waals surface area contributed by atoms with E-state index in [0.29, 0.717) is 0 Å². The number of rotatable bonds is 7. The molecule has 0 spiro atoms. The molecule has 0 radical (unpaired) electrons. The summed E-state index contributed by atoms with van der Waals surface area (Å²) in [6.45, 7) is 8.70. The number of hydrogen-bond donors (Lipinski definition) is 0. The zero-order chi connectivity index (χ0) is 15.7. The van der Waals surface area contributed by atoms with Crippen LogP contribution >= 0.6 is 0 Å². The van der Waals surface area contributed by atoms with E-state index >= 15 is 0 Å². The zero-order valence-corrected chi connectivity index (χ0v) is 12.5. The molecule has 114 valence electrons. The maximum atomic E-state index is 11.7. The number of carbonyl (C=O) groups excluding carboxylic acids is 3. The van der Waals surface area contributed by atoms with Crippen LogP contribution in [0.15, 0.2) is 5.16 Å². The van der Waals surface area contributed by atoms with Crippen molar-refractivity contribution in [2.75, 3.05) is 13.2 Å². The second kappa shape index (κ2) is 9.06. The fourth-order valence-electron chi connectivity index (χ4n) is 0.889. The second-order valence-electron chi connectivity index (χ2n) is 5.01. The fourth-order valence-corrected chi connectivity index (χ4v) is 0.889. The Balaban J connectivity index is 4.79. The van der Waals surface area contributed by atoms with E-state index in [-0.39, 0.29) is 25.0 Å². The summed E-state index contributed by atoms with van der Waals surface area (Å²) < 4.78 is 9.73. The van der Waals surface area contributed by atoms with E-state index in [0.717, 1.165) is 6.92 Å². The van der Waals surface area contributed by atoms with E-state index in [2.05, 4.69) is 9.99 Å². The lowest BCUT2D eigenvalue weighted by molar-refractivity contribution is -0.143. The highest BCUT2D eigenvalue weighted by Crippen LogP contribution is 1.99. The van der Waals surface area contributed by atoms with Crippen molar-refractivity contribution in [2.45, 2.75) is 34.6 Å². The van der Waals surface area contributed by atoms with Crippen molar-refractivity contribution in [3.8, 4) is 0 Å². The molecule has 20 heavy (non-hydrogen) atoms. The Labute approximate surface area is 118 Å². The van der Waals surface area contributed by atoms with Gasteiger partial charge in [-0.1, -0.05) is 32.9 Å². The van der Waals surface area contributed by atoms with E-state index in [9.17, 15) is 14.4 Å². The molecule has 0 unspecified atom stereocenters. The van der Waals surface area contributed by atoms with Crippen molar-refractivity contribution in [1.82, 2.24) is 0 Å². The van der Waals surface area contributed by atoms with Gasteiger partial charge in [0.2, 0.25) is 0 Å². The average molecular weight is 287 g/mol. The van der Waals surface area contributed by atoms with Crippen LogP contribution in [0.3, 0.4) is 0 Å². The van der Waals surface area contributed by atoms with E-state index in [1.165, 1.54) is 0 Å². The van der Waals surface area contributed by atoms with Crippen molar-refractivity contribution in [3.63, 3.8) is 0 Å². The molecule has 0 aliphatic carbocycles. The van der Waals surface area contributed by atoms with Crippen LogP contribution < -0.4 is 0 Å². The maximum Gasteiger partial charge on any atom is 0.368 e. The Morgan fingerprint density at radius 3 is 1.60 bits per heavy atom. The van der Waals surface area contributed by atoms with Crippen LogP contribution in [0.2, 0.25) is 0 Å². The Morgan fingerprint density at radius 2 is 1.30 bits per heavy atom. The molecular formula is C13H21NO6. The van der Waals surface area contributed by atoms with Crippen LogP contribution in [0, 0.1) is 11.8 Å². The molecule has 0 aliphatic rings. The summed E-state index contributed by atoms with van der Waals surface area (Å²) in [6, 6.07) is 0. The van der Waals surface area contributed by atoms with Crippen LogP contribution in [-0.2, 0) is 28.7 Å². The first-order valence-corrected chi connectivity index (χ1v) is 6.33. The van der Waals surface area contributed by atoms with Crippen LogP contribution in [0.1, 0.15) is 34.6 Å². The number of carbonyl (C=O) groups is 3. The summed E-state index contributed by atoms with van der Waals surface area (Å²) in [6.07, 6.45) is 0. The molecule has 0 aromatic carbocycles. The first kappa shape index (κ1) is 18.1. The molecular weight excluding hydrogens is 266 g/mol. The van der Waals surface area contributed by atoms with Crippen LogP contribution in [0.25, 0.3) is 0 Å². The molecule has 0 rings (SSSR count). The number of oxime groups is 1. The van der Waals surface area contributed by atoms with E-state index in [1.807, 2.05) is 27.7 Å². The third kappa shape index (κ3) is 8.23. The van der Waals surface area contributed by atoms with Gasteiger partial charge in [-0.2, -0.15) is 0 Å². The van der Waals surface area contributed by atoms with Gasteiger partial charge in [0.15, 0.2) is 0 Å². The minimum Gasteiger partial charge on any atom is -0.460 e. The first-order valence-electron chi connectivity index (χ1n) is 6.33. The van der Waals surface area contributed by atoms with Gasteiger partial charge < -0.3 is 14.3 Å². The summed E-state index contributed by atoms with van der Waals surface area (Å²) >= 11 is 0. The average Bonchev–Trinajstić information content (AvgIpc) is 2.33. The van der Waals surface area contributed by atoms with Gasteiger partial charge in [0.05, 0.1) is 13.2 Å². The van der Waals surface area contributed by atoms with Crippen LogP contribution in [0.4, 0.5) is 0 Å². The monoisotopic (exact) mass is 287 g/mol. The van der Waals surface area contributed by atoms with E-state index in [4.69, 9.17) is 9.47 Å². The molecule has 0 N–H and O–H groups in total. The summed E-state index contributed by atoms with van der Waals surface area (Å²) in [4.78, 5) is 38.4. The predicted octanol–water partition coefficient (Wildman–Crippen LogP) is 1.30. The van der Waals surface area contributed by atoms with Gasteiger partial charge in [0.1, 0.15) is 0 Å². The lowest BCUT2D eigenvalue weighted by atomic mass is 10.2. The topological polar surface area (TPSA) is 91.3 Å². The Bertz CT molecular complexity index is 360. The number of esters is 2. The van der Waals surface area contributed by atoms with Gasteiger partial charge in [-0.15, -0.1) is 0 Å².